The first-order valence-corrected chi connectivity index (χ1v) is 7.88. The fourth-order valence-electron chi connectivity index (χ4n) is 2.36. The van der Waals surface area contributed by atoms with Gasteiger partial charge >= 0.3 is 0 Å². The number of rotatable bonds is 4. The molecule has 0 spiro atoms. The molecule has 1 unspecified atom stereocenters. The van der Waals surface area contributed by atoms with E-state index in [1.165, 1.54) is 36.7 Å². The van der Waals surface area contributed by atoms with Crippen LogP contribution in [0.1, 0.15) is 30.1 Å². The smallest absolute Gasteiger partial charge is 0.261 e. The van der Waals surface area contributed by atoms with Crippen LogP contribution in [0.25, 0.3) is 0 Å². The number of carbonyl (C=O) groups is 2. The molecule has 0 aromatic heterocycles. The number of amides is 1. The summed E-state index contributed by atoms with van der Waals surface area (Å²) in [6, 6.07) is 4.66. The van der Waals surface area contributed by atoms with Gasteiger partial charge in [0.2, 0.25) is 10.0 Å². The van der Waals surface area contributed by atoms with Crippen molar-refractivity contribution in [3.63, 3.8) is 0 Å². The van der Waals surface area contributed by atoms with Crippen LogP contribution in [0, 0.1) is 0 Å². The lowest BCUT2D eigenvalue weighted by Gasteiger charge is -2.22. The Morgan fingerprint density at radius 3 is 2.43 bits per heavy atom. The van der Waals surface area contributed by atoms with Gasteiger partial charge in [-0.2, -0.15) is 4.31 Å². The summed E-state index contributed by atoms with van der Waals surface area (Å²) in [4.78, 5) is 22.8. The lowest BCUT2D eigenvalue weighted by Crippen LogP contribution is -2.44. The van der Waals surface area contributed by atoms with E-state index in [4.69, 9.17) is 5.21 Å². The molecule has 0 radical (unpaired) electrons. The van der Waals surface area contributed by atoms with Crippen LogP contribution < -0.4 is 5.48 Å². The van der Waals surface area contributed by atoms with Crippen LogP contribution >= 0.6 is 0 Å². The average molecular weight is 312 g/mol. The van der Waals surface area contributed by atoms with Gasteiger partial charge in [-0.1, -0.05) is 12.1 Å². The molecule has 2 rings (SSSR count). The van der Waals surface area contributed by atoms with Crippen LogP contribution in [0.3, 0.4) is 0 Å². The van der Waals surface area contributed by atoms with Crippen LogP contribution in [0.15, 0.2) is 29.2 Å². The maximum Gasteiger partial charge on any atom is 0.261 e. The van der Waals surface area contributed by atoms with E-state index in [9.17, 15) is 18.0 Å². The highest BCUT2D eigenvalue weighted by Gasteiger charge is 2.39. The fraction of sp³-hybridized carbons (Fsp3) is 0.385. The molecular weight excluding hydrogens is 296 g/mol. The Morgan fingerprint density at radius 2 is 1.90 bits per heavy atom. The number of benzene rings is 1. The topological polar surface area (TPSA) is 104 Å². The van der Waals surface area contributed by atoms with Crippen molar-refractivity contribution < 1.29 is 23.2 Å². The number of ketones is 1. The van der Waals surface area contributed by atoms with Gasteiger partial charge in [0.1, 0.15) is 6.04 Å². The molecule has 1 aromatic carbocycles. The second kappa shape index (κ2) is 5.92. The third-order valence-electron chi connectivity index (χ3n) is 3.48. The maximum absolute atomic E-state index is 12.5. The minimum atomic E-state index is -3.84. The molecule has 1 aromatic rings. The first kappa shape index (κ1) is 15.6. The largest absolute Gasteiger partial charge is 0.295 e. The Balaban J connectivity index is 2.32. The lowest BCUT2D eigenvalue weighted by atomic mass is 10.2. The highest BCUT2D eigenvalue weighted by Crippen LogP contribution is 2.26. The minimum Gasteiger partial charge on any atom is -0.295 e. The Morgan fingerprint density at radius 1 is 1.29 bits per heavy atom. The molecule has 2 N–H and O–H groups in total. The fourth-order valence-corrected chi connectivity index (χ4v) is 4.02. The highest BCUT2D eigenvalue weighted by molar-refractivity contribution is 7.89. The predicted octanol–water partition coefficient (Wildman–Crippen LogP) is 0.548. The Bertz CT molecular complexity index is 654. The molecule has 1 saturated heterocycles. The standard InChI is InChI=1S/C13H16N2O5S/c1-9(16)10-4-6-11(7-5-10)21(19,20)15-8-2-3-12(15)13(17)14-18/h4-7,12,18H,2-3,8H2,1H3,(H,14,17). The van der Waals surface area contributed by atoms with E-state index in [-0.39, 0.29) is 17.2 Å². The van der Waals surface area contributed by atoms with Crippen molar-refractivity contribution in [2.24, 2.45) is 0 Å². The van der Waals surface area contributed by atoms with E-state index in [0.29, 0.717) is 18.4 Å². The summed E-state index contributed by atoms with van der Waals surface area (Å²) in [7, 11) is -3.84. The zero-order valence-corrected chi connectivity index (χ0v) is 12.3. The number of hydrogen-bond acceptors (Lipinski definition) is 5. The van der Waals surface area contributed by atoms with E-state index in [1.807, 2.05) is 0 Å². The van der Waals surface area contributed by atoms with Crippen LogP contribution in [0.5, 0.6) is 0 Å². The Hall–Kier alpha value is -1.77. The summed E-state index contributed by atoms with van der Waals surface area (Å²) in [5.41, 5.74) is 1.91. The van der Waals surface area contributed by atoms with Gasteiger partial charge in [0.15, 0.2) is 5.78 Å². The summed E-state index contributed by atoms with van der Waals surface area (Å²) in [6.45, 7) is 1.61. The van der Waals surface area contributed by atoms with Gasteiger partial charge in [-0.25, -0.2) is 13.9 Å². The summed E-state index contributed by atoms with van der Waals surface area (Å²) >= 11 is 0. The molecule has 8 heteroatoms. The summed E-state index contributed by atoms with van der Waals surface area (Å²) in [5, 5.41) is 8.69. The molecule has 114 valence electrons. The number of carbonyl (C=O) groups excluding carboxylic acids is 2. The number of nitrogens with zero attached hydrogens (tertiary/aromatic N) is 1. The highest BCUT2D eigenvalue weighted by atomic mass is 32.2. The van der Waals surface area contributed by atoms with Gasteiger partial charge in [0.25, 0.3) is 5.91 Å². The number of hydrogen-bond donors (Lipinski definition) is 2. The van der Waals surface area contributed by atoms with Crippen LogP contribution in [-0.2, 0) is 14.8 Å². The Labute approximate surface area is 122 Å². The zero-order chi connectivity index (χ0) is 15.6. The van der Waals surface area contributed by atoms with E-state index >= 15 is 0 Å². The van der Waals surface area contributed by atoms with Gasteiger partial charge in [-0.05, 0) is 31.9 Å². The maximum atomic E-state index is 12.5. The van der Waals surface area contributed by atoms with Gasteiger partial charge in [0, 0.05) is 12.1 Å². The van der Waals surface area contributed by atoms with Gasteiger partial charge in [-0.3, -0.25) is 14.8 Å². The molecule has 1 aliphatic heterocycles. The molecule has 1 amide bonds. The van der Waals surface area contributed by atoms with Gasteiger partial charge in [0.05, 0.1) is 4.90 Å². The lowest BCUT2D eigenvalue weighted by molar-refractivity contribution is -0.132. The van der Waals surface area contributed by atoms with Crippen LogP contribution in [0.2, 0.25) is 0 Å². The van der Waals surface area contributed by atoms with Crippen molar-refractivity contribution in [1.82, 2.24) is 9.79 Å². The predicted molar refractivity (Wildman–Crippen MR) is 73.3 cm³/mol. The SMILES string of the molecule is CC(=O)c1ccc(S(=O)(=O)N2CCCC2C(=O)NO)cc1. The summed E-state index contributed by atoms with van der Waals surface area (Å²) in [6.07, 6.45) is 0.903. The second-order valence-electron chi connectivity index (χ2n) is 4.83. The third-order valence-corrected chi connectivity index (χ3v) is 5.41. The number of Topliss-reactive ketones (excluding diaryl/α,β-unsaturated/α-hetero) is 1. The van der Waals surface area contributed by atoms with Crippen molar-refractivity contribution in [2.75, 3.05) is 6.54 Å². The van der Waals surface area contributed by atoms with E-state index < -0.39 is 22.0 Å². The molecule has 0 saturated carbocycles. The molecule has 0 bridgehead atoms. The molecule has 1 fully saturated rings. The van der Waals surface area contributed by atoms with Gasteiger partial charge < -0.3 is 0 Å². The van der Waals surface area contributed by atoms with Crippen molar-refractivity contribution in [3.05, 3.63) is 29.8 Å². The number of sulfonamides is 1. The quantitative estimate of drug-likeness (QED) is 0.480. The average Bonchev–Trinajstić information content (AvgIpc) is 2.96. The second-order valence-corrected chi connectivity index (χ2v) is 6.72. The Kier molecular flexibility index (Phi) is 4.40. The molecule has 21 heavy (non-hydrogen) atoms. The molecule has 0 aliphatic carbocycles. The van der Waals surface area contributed by atoms with Crippen LogP contribution in [-0.4, -0.2) is 42.2 Å². The first-order valence-electron chi connectivity index (χ1n) is 6.44. The van der Waals surface area contributed by atoms with E-state index in [2.05, 4.69) is 0 Å². The molecule has 1 aliphatic rings. The normalized spacial score (nSPS) is 19.4. The zero-order valence-electron chi connectivity index (χ0n) is 11.4. The molecular formula is C13H16N2O5S. The number of nitrogens with one attached hydrogen (secondary N) is 1. The minimum absolute atomic E-state index is 0.0186. The summed E-state index contributed by atoms with van der Waals surface area (Å²) < 4.78 is 26.1. The number of hydroxylamine groups is 1. The van der Waals surface area contributed by atoms with E-state index in [0.717, 1.165) is 4.31 Å². The molecule has 1 atom stereocenters. The first-order chi connectivity index (χ1) is 9.87. The third kappa shape index (κ3) is 2.97. The van der Waals surface area contributed by atoms with E-state index in [1.54, 1.807) is 0 Å². The van der Waals surface area contributed by atoms with Crippen LogP contribution in [0.4, 0.5) is 0 Å². The van der Waals surface area contributed by atoms with Crippen molar-refractivity contribution in [3.8, 4) is 0 Å². The van der Waals surface area contributed by atoms with Crippen molar-refractivity contribution in [1.29, 1.82) is 0 Å². The monoisotopic (exact) mass is 312 g/mol. The summed E-state index contributed by atoms with van der Waals surface area (Å²) in [5.74, 6) is -0.894. The molecule has 7 nitrogen and oxygen atoms in total. The molecule has 1 heterocycles. The van der Waals surface area contributed by atoms with Gasteiger partial charge in [-0.15, -0.1) is 0 Å². The van der Waals surface area contributed by atoms with Crippen molar-refractivity contribution >= 4 is 21.7 Å². The van der Waals surface area contributed by atoms with Crippen molar-refractivity contribution in [2.45, 2.75) is 30.7 Å².